The lowest BCUT2D eigenvalue weighted by Gasteiger charge is -2.20. The zero-order valence-corrected chi connectivity index (χ0v) is 15.6. The number of nitrogens with one attached hydrogen (secondary N) is 1. The summed E-state index contributed by atoms with van der Waals surface area (Å²) in [7, 11) is 0. The molecule has 0 aliphatic rings. The molecule has 1 N–H and O–H groups in total. The van der Waals surface area contributed by atoms with Gasteiger partial charge in [0.05, 0.1) is 0 Å². The van der Waals surface area contributed by atoms with E-state index in [1.165, 1.54) is 90.1 Å². The fourth-order valence-electron chi connectivity index (χ4n) is 2.95. The normalized spacial score (nSPS) is 14.3. The minimum Gasteiger partial charge on any atom is -0.316 e. The molecule has 2 unspecified atom stereocenters. The van der Waals surface area contributed by atoms with Gasteiger partial charge in [-0.2, -0.15) is 0 Å². The number of unbranched alkanes of at least 4 members (excludes halogenated alkanes) is 9. The van der Waals surface area contributed by atoms with Crippen LogP contribution in [0.4, 0.5) is 0 Å². The Morgan fingerprint density at radius 1 is 0.619 bits per heavy atom. The first-order valence-corrected chi connectivity index (χ1v) is 9.93. The van der Waals surface area contributed by atoms with Gasteiger partial charge in [-0.3, -0.25) is 0 Å². The van der Waals surface area contributed by atoms with Crippen molar-refractivity contribution in [2.45, 2.75) is 105 Å². The Morgan fingerprint density at radius 3 is 1.67 bits per heavy atom. The third kappa shape index (κ3) is 14.7. The van der Waals surface area contributed by atoms with E-state index < -0.39 is 0 Å². The zero-order valence-electron chi connectivity index (χ0n) is 15.6. The fourth-order valence-corrected chi connectivity index (χ4v) is 2.95. The smallest absolute Gasteiger partial charge is 0.00206 e. The topological polar surface area (TPSA) is 12.0 Å². The molecule has 0 radical (unpaired) electrons. The molecule has 0 aromatic heterocycles. The molecule has 1 heteroatoms. The van der Waals surface area contributed by atoms with E-state index in [-0.39, 0.29) is 0 Å². The highest BCUT2D eigenvalue weighted by Crippen LogP contribution is 2.19. The molecule has 0 aliphatic carbocycles. The van der Waals surface area contributed by atoms with Crippen molar-refractivity contribution in [3.05, 3.63) is 0 Å². The quantitative estimate of drug-likeness (QED) is 0.318. The van der Waals surface area contributed by atoms with Gasteiger partial charge in [0.25, 0.3) is 0 Å². The van der Waals surface area contributed by atoms with E-state index in [2.05, 4.69) is 33.0 Å². The Morgan fingerprint density at radius 2 is 1.14 bits per heavy atom. The molecule has 0 saturated heterocycles. The van der Waals surface area contributed by atoms with Crippen molar-refractivity contribution in [1.82, 2.24) is 5.32 Å². The van der Waals surface area contributed by atoms with Crippen molar-refractivity contribution >= 4 is 0 Å². The molecule has 1 nitrogen and oxygen atoms in total. The Balaban J connectivity index is 3.25. The maximum absolute atomic E-state index is 3.55. The molecule has 0 fully saturated rings. The van der Waals surface area contributed by atoms with Crippen molar-refractivity contribution in [2.75, 3.05) is 13.1 Å². The van der Waals surface area contributed by atoms with E-state index in [4.69, 9.17) is 0 Å². The van der Waals surface area contributed by atoms with Gasteiger partial charge in [0.2, 0.25) is 0 Å². The van der Waals surface area contributed by atoms with E-state index in [9.17, 15) is 0 Å². The minimum absolute atomic E-state index is 0.829. The van der Waals surface area contributed by atoms with E-state index in [0.29, 0.717) is 0 Å². The number of hydrogen-bond donors (Lipinski definition) is 1. The molecule has 0 saturated carbocycles. The molecule has 0 spiro atoms. The van der Waals surface area contributed by atoms with Crippen molar-refractivity contribution in [1.29, 1.82) is 0 Å². The fraction of sp³-hybridized carbons (Fsp3) is 1.00. The summed E-state index contributed by atoms with van der Waals surface area (Å²) in [5.74, 6) is 1.71. The van der Waals surface area contributed by atoms with Crippen LogP contribution in [0.3, 0.4) is 0 Å². The highest BCUT2D eigenvalue weighted by atomic mass is 14.8. The lowest BCUT2D eigenvalue weighted by molar-refractivity contribution is 0.336. The average molecular weight is 298 g/mol. The number of hydrogen-bond acceptors (Lipinski definition) is 1. The molecule has 0 bridgehead atoms. The first-order valence-electron chi connectivity index (χ1n) is 9.93. The van der Waals surface area contributed by atoms with Gasteiger partial charge in [-0.1, -0.05) is 98.3 Å². The van der Waals surface area contributed by atoms with Crippen LogP contribution in [0.2, 0.25) is 0 Å². The maximum atomic E-state index is 3.55. The van der Waals surface area contributed by atoms with Crippen molar-refractivity contribution in [3.63, 3.8) is 0 Å². The first kappa shape index (κ1) is 21.0. The highest BCUT2D eigenvalue weighted by Gasteiger charge is 2.10. The molecule has 128 valence electrons. The van der Waals surface area contributed by atoms with Gasteiger partial charge in [0.1, 0.15) is 0 Å². The van der Waals surface area contributed by atoms with Crippen LogP contribution < -0.4 is 5.32 Å². The zero-order chi connectivity index (χ0) is 15.8. The second-order valence-electron chi connectivity index (χ2n) is 7.13. The molecule has 21 heavy (non-hydrogen) atoms. The third-order valence-corrected chi connectivity index (χ3v) is 4.88. The monoisotopic (exact) mass is 297 g/mol. The minimum atomic E-state index is 0.829. The van der Waals surface area contributed by atoms with Gasteiger partial charge in [-0.05, 0) is 31.3 Å². The van der Waals surface area contributed by atoms with Gasteiger partial charge in [0.15, 0.2) is 0 Å². The molecule has 0 aliphatic heterocycles. The Hall–Kier alpha value is -0.0400. The summed E-state index contributed by atoms with van der Waals surface area (Å²) >= 11 is 0. The van der Waals surface area contributed by atoms with Crippen LogP contribution in [0.25, 0.3) is 0 Å². The Bertz CT molecular complexity index is 190. The second-order valence-corrected chi connectivity index (χ2v) is 7.13. The van der Waals surface area contributed by atoms with Gasteiger partial charge in [0, 0.05) is 0 Å². The lowest BCUT2D eigenvalue weighted by atomic mass is 9.90. The molecule has 2 atom stereocenters. The summed E-state index contributed by atoms with van der Waals surface area (Å²) in [5, 5.41) is 3.55. The molecule has 0 aromatic rings. The van der Waals surface area contributed by atoms with Crippen molar-refractivity contribution in [2.24, 2.45) is 11.8 Å². The van der Waals surface area contributed by atoms with Gasteiger partial charge < -0.3 is 5.32 Å². The van der Waals surface area contributed by atoms with Crippen LogP contribution >= 0.6 is 0 Å². The van der Waals surface area contributed by atoms with Crippen LogP contribution in [0, 0.1) is 11.8 Å². The summed E-state index contributed by atoms with van der Waals surface area (Å²) in [5.41, 5.74) is 0. The summed E-state index contributed by atoms with van der Waals surface area (Å²) in [6.07, 6.45) is 17.2. The van der Waals surface area contributed by atoms with E-state index >= 15 is 0 Å². The van der Waals surface area contributed by atoms with E-state index in [0.717, 1.165) is 11.8 Å². The van der Waals surface area contributed by atoms with E-state index in [1.807, 2.05) is 0 Å². The molecule has 0 amide bonds. The first-order chi connectivity index (χ1) is 10.2. The van der Waals surface area contributed by atoms with Crippen LogP contribution in [0.5, 0.6) is 0 Å². The van der Waals surface area contributed by atoms with Gasteiger partial charge in [-0.25, -0.2) is 0 Å². The SMILES string of the molecule is CCCCCCCCCCCCC(C)C(C)CNCCC. The summed E-state index contributed by atoms with van der Waals surface area (Å²) < 4.78 is 0. The summed E-state index contributed by atoms with van der Waals surface area (Å²) in [4.78, 5) is 0. The Kier molecular flexibility index (Phi) is 16.3. The number of rotatable bonds is 16. The van der Waals surface area contributed by atoms with Crippen LogP contribution in [-0.4, -0.2) is 13.1 Å². The van der Waals surface area contributed by atoms with Crippen LogP contribution in [0.15, 0.2) is 0 Å². The molecular weight excluding hydrogens is 254 g/mol. The molecule has 0 aromatic carbocycles. The predicted octanol–water partition coefficient (Wildman–Crippen LogP) is 6.57. The standard InChI is InChI=1S/C20H43N/c1-5-7-8-9-10-11-12-13-14-15-16-19(3)20(4)18-21-17-6-2/h19-21H,5-18H2,1-4H3. The van der Waals surface area contributed by atoms with Crippen molar-refractivity contribution < 1.29 is 0 Å². The van der Waals surface area contributed by atoms with E-state index in [1.54, 1.807) is 0 Å². The third-order valence-electron chi connectivity index (χ3n) is 4.88. The highest BCUT2D eigenvalue weighted by molar-refractivity contribution is 4.65. The second kappa shape index (κ2) is 16.3. The maximum Gasteiger partial charge on any atom is -0.00206 e. The van der Waals surface area contributed by atoms with Gasteiger partial charge in [-0.15, -0.1) is 0 Å². The average Bonchev–Trinajstić information content (AvgIpc) is 2.49. The summed E-state index contributed by atoms with van der Waals surface area (Å²) in [6.45, 7) is 11.8. The largest absolute Gasteiger partial charge is 0.316 e. The molecular formula is C20H43N. The van der Waals surface area contributed by atoms with Crippen LogP contribution in [0.1, 0.15) is 105 Å². The molecule has 0 heterocycles. The molecule has 0 rings (SSSR count). The predicted molar refractivity (Wildman–Crippen MR) is 97.9 cm³/mol. The lowest BCUT2D eigenvalue weighted by Crippen LogP contribution is -2.25. The Labute approximate surface area is 135 Å². The van der Waals surface area contributed by atoms with Crippen LogP contribution in [-0.2, 0) is 0 Å². The van der Waals surface area contributed by atoms with Crippen molar-refractivity contribution in [3.8, 4) is 0 Å². The summed E-state index contributed by atoms with van der Waals surface area (Å²) in [6, 6.07) is 0. The van der Waals surface area contributed by atoms with Gasteiger partial charge >= 0.3 is 0 Å².